The average Bonchev–Trinajstić information content (AvgIpc) is 2.76. The second kappa shape index (κ2) is 6.21. The van der Waals surface area contributed by atoms with Crippen LogP contribution < -0.4 is 5.32 Å². The summed E-state index contributed by atoms with van der Waals surface area (Å²) in [7, 11) is 1.90. The van der Waals surface area contributed by atoms with Gasteiger partial charge in [-0.05, 0) is 55.3 Å². The summed E-state index contributed by atoms with van der Waals surface area (Å²) >= 11 is 0. The summed E-state index contributed by atoms with van der Waals surface area (Å²) in [6.07, 6.45) is 5.78. The van der Waals surface area contributed by atoms with Crippen molar-refractivity contribution >= 4 is 0 Å². The molecular weight excluding hydrogens is 256 g/mol. The molecule has 2 rings (SSSR count). The first-order valence-corrected chi connectivity index (χ1v) is 7.60. The van der Waals surface area contributed by atoms with E-state index >= 15 is 0 Å². The molecule has 1 atom stereocenters. The predicted molar refractivity (Wildman–Crippen MR) is 78.5 cm³/mol. The quantitative estimate of drug-likeness (QED) is 0.815. The fourth-order valence-electron chi connectivity index (χ4n) is 4.07. The zero-order chi connectivity index (χ0) is 14.8. The number of hydrogen-bond acceptors (Lipinski definition) is 1. The fraction of sp³-hybridized carbons (Fsp3) is 0.647. The molecule has 1 fully saturated rings. The van der Waals surface area contributed by atoms with E-state index in [1.165, 1.54) is 25.0 Å². The minimum Gasteiger partial charge on any atom is -0.313 e. The summed E-state index contributed by atoms with van der Waals surface area (Å²) in [5.74, 6) is -0.391. The van der Waals surface area contributed by atoms with E-state index in [4.69, 9.17) is 0 Å². The van der Waals surface area contributed by atoms with Gasteiger partial charge in [0.1, 0.15) is 11.6 Å². The first-order chi connectivity index (χ1) is 9.47. The van der Waals surface area contributed by atoms with E-state index < -0.39 is 11.6 Å². The number of halogens is 2. The van der Waals surface area contributed by atoms with Gasteiger partial charge < -0.3 is 5.32 Å². The van der Waals surface area contributed by atoms with Gasteiger partial charge in [-0.15, -0.1) is 0 Å². The maximum absolute atomic E-state index is 13.5. The second-order valence-electron chi connectivity index (χ2n) is 6.59. The fourth-order valence-corrected chi connectivity index (χ4v) is 4.07. The highest BCUT2D eigenvalue weighted by atomic mass is 19.1. The molecule has 0 aliphatic heterocycles. The van der Waals surface area contributed by atoms with Crippen LogP contribution in [-0.4, -0.2) is 7.05 Å². The second-order valence-corrected chi connectivity index (χ2v) is 6.59. The normalized spacial score (nSPS) is 19.5. The van der Waals surface area contributed by atoms with Crippen LogP contribution in [-0.2, 0) is 0 Å². The summed E-state index contributed by atoms with van der Waals surface area (Å²) < 4.78 is 27.1. The first kappa shape index (κ1) is 15.4. The molecule has 0 amide bonds. The monoisotopic (exact) mass is 281 g/mol. The Morgan fingerprint density at radius 3 is 2.10 bits per heavy atom. The zero-order valence-electron chi connectivity index (χ0n) is 12.7. The largest absolute Gasteiger partial charge is 0.313 e. The molecule has 1 saturated carbocycles. The lowest BCUT2D eigenvalue weighted by atomic mass is 9.70. The van der Waals surface area contributed by atoms with Gasteiger partial charge in [-0.2, -0.15) is 0 Å². The Balaban J connectivity index is 2.37. The molecular formula is C17H25F2N. The van der Waals surface area contributed by atoms with Crippen LogP contribution in [0.15, 0.2) is 18.2 Å². The van der Waals surface area contributed by atoms with E-state index in [1.54, 1.807) is 0 Å². The van der Waals surface area contributed by atoms with Crippen LogP contribution in [0.2, 0.25) is 0 Å². The van der Waals surface area contributed by atoms with Gasteiger partial charge in [0.15, 0.2) is 0 Å². The van der Waals surface area contributed by atoms with Crippen molar-refractivity contribution in [3.8, 4) is 0 Å². The maximum atomic E-state index is 13.5. The Hall–Kier alpha value is -0.960. The van der Waals surface area contributed by atoms with Gasteiger partial charge >= 0.3 is 0 Å². The number of nitrogens with one attached hydrogen (secondary N) is 1. The maximum Gasteiger partial charge on any atom is 0.126 e. The summed E-state index contributed by atoms with van der Waals surface area (Å²) in [5, 5.41) is 3.33. The molecule has 1 aromatic carbocycles. The Morgan fingerprint density at radius 2 is 1.65 bits per heavy atom. The van der Waals surface area contributed by atoms with E-state index in [0.29, 0.717) is 5.92 Å². The van der Waals surface area contributed by atoms with Gasteiger partial charge in [0.25, 0.3) is 0 Å². The summed E-state index contributed by atoms with van der Waals surface area (Å²) in [6.45, 7) is 4.44. The van der Waals surface area contributed by atoms with Gasteiger partial charge in [0.2, 0.25) is 0 Å². The Morgan fingerprint density at radius 1 is 1.10 bits per heavy atom. The Kier molecular flexibility index (Phi) is 4.79. The molecule has 1 aliphatic rings. The lowest BCUT2D eigenvalue weighted by Crippen LogP contribution is -2.36. The topological polar surface area (TPSA) is 12.0 Å². The van der Waals surface area contributed by atoms with E-state index in [-0.39, 0.29) is 11.5 Å². The molecule has 1 aliphatic carbocycles. The Bertz CT molecular complexity index is 430. The zero-order valence-corrected chi connectivity index (χ0v) is 12.7. The van der Waals surface area contributed by atoms with Crippen LogP contribution in [0.4, 0.5) is 8.78 Å². The SMILES string of the molecule is CNC(c1cc(F)cc(F)c1)C1(CC(C)C)CCCC1. The van der Waals surface area contributed by atoms with Crippen LogP contribution in [0.25, 0.3) is 0 Å². The molecule has 112 valence electrons. The summed E-state index contributed by atoms with van der Waals surface area (Å²) in [4.78, 5) is 0. The van der Waals surface area contributed by atoms with E-state index in [1.807, 2.05) is 7.05 Å². The number of hydrogen-bond donors (Lipinski definition) is 1. The van der Waals surface area contributed by atoms with Crippen LogP contribution in [0, 0.1) is 23.0 Å². The van der Waals surface area contributed by atoms with Gasteiger partial charge in [-0.3, -0.25) is 0 Å². The van der Waals surface area contributed by atoms with E-state index in [9.17, 15) is 8.78 Å². The van der Waals surface area contributed by atoms with Gasteiger partial charge in [0, 0.05) is 12.1 Å². The van der Waals surface area contributed by atoms with Crippen molar-refractivity contribution in [2.24, 2.45) is 11.3 Å². The molecule has 1 unspecified atom stereocenters. The van der Waals surface area contributed by atoms with Crippen molar-refractivity contribution in [3.63, 3.8) is 0 Å². The van der Waals surface area contributed by atoms with Crippen LogP contribution in [0.1, 0.15) is 57.6 Å². The molecule has 0 saturated heterocycles. The van der Waals surface area contributed by atoms with Gasteiger partial charge in [-0.25, -0.2) is 8.78 Å². The lowest BCUT2D eigenvalue weighted by Gasteiger charge is -2.39. The van der Waals surface area contributed by atoms with Crippen molar-refractivity contribution in [3.05, 3.63) is 35.4 Å². The molecule has 0 spiro atoms. The third-order valence-electron chi connectivity index (χ3n) is 4.53. The highest BCUT2D eigenvalue weighted by Crippen LogP contribution is 2.51. The van der Waals surface area contributed by atoms with Crippen molar-refractivity contribution in [2.75, 3.05) is 7.05 Å². The molecule has 0 heterocycles. The average molecular weight is 281 g/mol. The smallest absolute Gasteiger partial charge is 0.126 e. The molecule has 3 heteroatoms. The molecule has 1 nitrogen and oxygen atoms in total. The van der Waals surface area contributed by atoms with Crippen LogP contribution in [0.5, 0.6) is 0 Å². The minimum atomic E-state index is -0.488. The molecule has 0 aromatic heterocycles. The highest BCUT2D eigenvalue weighted by Gasteiger charge is 2.41. The standard InChI is InChI=1S/C17H25F2N/c1-12(2)11-17(6-4-5-7-17)16(20-3)13-8-14(18)10-15(19)9-13/h8-10,12,16,20H,4-7,11H2,1-3H3. The van der Waals surface area contributed by atoms with Crippen LogP contribution in [0.3, 0.4) is 0 Å². The van der Waals surface area contributed by atoms with Gasteiger partial charge in [-0.1, -0.05) is 26.7 Å². The molecule has 0 radical (unpaired) electrons. The predicted octanol–water partition coefficient (Wildman–Crippen LogP) is 4.83. The molecule has 0 bridgehead atoms. The molecule has 20 heavy (non-hydrogen) atoms. The number of rotatable bonds is 5. The summed E-state index contributed by atoms with van der Waals surface area (Å²) in [5.41, 5.74) is 0.871. The molecule has 1 N–H and O–H groups in total. The van der Waals surface area contributed by atoms with Crippen molar-refractivity contribution in [2.45, 2.75) is 52.0 Å². The highest BCUT2D eigenvalue weighted by molar-refractivity contribution is 5.24. The minimum absolute atomic E-state index is 0.0256. The third-order valence-corrected chi connectivity index (χ3v) is 4.53. The number of benzene rings is 1. The Labute approximate surface area is 120 Å². The summed E-state index contributed by atoms with van der Waals surface area (Å²) in [6, 6.07) is 3.92. The van der Waals surface area contributed by atoms with E-state index in [2.05, 4.69) is 19.2 Å². The van der Waals surface area contributed by atoms with Crippen molar-refractivity contribution < 1.29 is 8.78 Å². The molecule has 1 aromatic rings. The van der Waals surface area contributed by atoms with E-state index in [0.717, 1.165) is 30.9 Å². The lowest BCUT2D eigenvalue weighted by molar-refractivity contribution is 0.161. The van der Waals surface area contributed by atoms with Gasteiger partial charge in [0.05, 0.1) is 0 Å². The van der Waals surface area contributed by atoms with Crippen molar-refractivity contribution in [1.29, 1.82) is 0 Å². The third kappa shape index (κ3) is 3.20. The first-order valence-electron chi connectivity index (χ1n) is 7.60. The van der Waals surface area contributed by atoms with Crippen LogP contribution >= 0.6 is 0 Å². The van der Waals surface area contributed by atoms with Crippen molar-refractivity contribution in [1.82, 2.24) is 5.32 Å².